The molecule has 1 aromatic carbocycles. The van der Waals surface area contributed by atoms with Crippen molar-refractivity contribution in [2.75, 3.05) is 0 Å². The molecule has 0 aromatic heterocycles. The van der Waals surface area contributed by atoms with Crippen molar-refractivity contribution in [3.63, 3.8) is 0 Å². The second-order valence-corrected chi connectivity index (χ2v) is 1.53. The topological polar surface area (TPSA) is 23.8 Å². The highest BCUT2D eigenvalue weighted by molar-refractivity contribution is 5.26. The first-order chi connectivity index (χ1) is 4.33. The van der Waals surface area contributed by atoms with Crippen LogP contribution in [0.4, 0.5) is 4.39 Å². The summed E-state index contributed by atoms with van der Waals surface area (Å²) in [4.78, 5) is 0. The molecule has 0 saturated carbocycles. The van der Waals surface area contributed by atoms with Gasteiger partial charge in [0.2, 0.25) is 0 Å². The molecule has 2 heteroatoms. The summed E-state index contributed by atoms with van der Waals surface area (Å²) in [5.41, 5.74) is 0.358. The van der Waals surface area contributed by atoms with Crippen LogP contribution in [-0.4, -0.2) is 0 Å². The first kappa shape index (κ1) is 5.77. The lowest BCUT2D eigenvalue weighted by atomic mass is 10.2. The molecule has 0 amide bonds. The Balaban J connectivity index is 3.06. The fourth-order valence-electron chi connectivity index (χ4n) is 0.475. The van der Waals surface area contributed by atoms with Crippen molar-refractivity contribution in [3.05, 3.63) is 35.6 Å². The molecule has 1 aromatic rings. The normalized spacial score (nSPS) is 8.44. The summed E-state index contributed by atoms with van der Waals surface area (Å²) in [6.45, 7) is 0. The lowest BCUT2D eigenvalue weighted by molar-refractivity contribution is 0.627. The van der Waals surface area contributed by atoms with Crippen molar-refractivity contribution in [2.45, 2.75) is 0 Å². The van der Waals surface area contributed by atoms with E-state index >= 15 is 0 Å². The van der Waals surface area contributed by atoms with Gasteiger partial charge in [-0.3, -0.25) is 0 Å². The second kappa shape index (κ2) is 2.27. The maximum absolute atomic E-state index is 12.1. The van der Waals surface area contributed by atoms with E-state index in [1.807, 2.05) is 6.07 Å². The molecule has 0 unspecified atom stereocenters. The number of rotatable bonds is 0. The molecule has 0 fully saturated rings. The van der Waals surface area contributed by atoms with Crippen molar-refractivity contribution in [1.82, 2.24) is 0 Å². The van der Waals surface area contributed by atoms with Gasteiger partial charge in [0.25, 0.3) is 0 Å². The van der Waals surface area contributed by atoms with Crippen LogP contribution in [0.15, 0.2) is 18.2 Å². The minimum atomic E-state index is -0.367. The Morgan fingerprint density at radius 2 is 2.33 bits per heavy atom. The molecule has 1 radical (unpaired) electrons. The van der Waals surface area contributed by atoms with E-state index in [1.54, 1.807) is 0 Å². The fraction of sp³-hybridized carbons (Fsp3) is 0. The molecule has 0 bridgehead atoms. The molecule has 43 valence electrons. The summed E-state index contributed by atoms with van der Waals surface area (Å²) in [7, 11) is 0. The van der Waals surface area contributed by atoms with Crippen LogP contribution in [0.2, 0.25) is 0 Å². The quantitative estimate of drug-likeness (QED) is 0.509. The Kier molecular flexibility index (Phi) is 1.46. The van der Waals surface area contributed by atoms with Crippen molar-refractivity contribution in [2.24, 2.45) is 0 Å². The third-order valence-electron chi connectivity index (χ3n) is 0.895. The van der Waals surface area contributed by atoms with Gasteiger partial charge < -0.3 is 0 Å². The van der Waals surface area contributed by atoms with Crippen molar-refractivity contribution >= 4 is 0 Å². The number of halogens is 1. The highest BCUT2D eigenvalue weighted by Gasteiger charge is 1.88. The Labute approximate surface area is 52.4 Å². The van der Waals surface area contributed by atoms with Gasteiger partial charge in [-0.2, -0.15) is 5.26 Å². The van der Waals surface area contributed by atoms with Gasteiger partial charge in [0.05, 0.1) is 11.6 Å². The summed E-state index contributed by atoms with van der Waals surface area (Å²) in [6.07, 6.45) is 0. The molecular formula is C7H3FN. The van der Waals surface area contributed by atoms with Crippen LogP contribution in [-0.2, 0) is 0 Å². The van der Waals surface area contributed by atoms with E-state index < -0.39 is 0 Å². The van der Waals surface area contributed by atoms with Gasteiger partial charge in [0.15, 0.2) is 0 Å². The van der Waals surface area contributed by atoms with Crippen LogP contribution < -0.4 is 0 Å². The molecule has 0 saturated heterocycles. The molecule has 9 heavy (non-hydrogen) atoms. The highest BCUT2D eigenvalue weighted by Crippen LogP contribution is 1.98. The van der Waals surface area contributed by atoms with Crippen LogP contribution in [0.3, 0.4) is 0 Å². The van der Waals surface area contributed by atoms with Gasteiger partial charge >= 0.3 is 0 Å². The van der Waals surface area contributed by atoms with E-state index in [1.165, 1.54) is 12.1 Å². The molecular weight excluding hydrogens is 117 g/mol. The Hall–Kier alpha value is -1.36. The van der Waals surface area contributed by atoms with E-state index in [0.717, 1.165) is 6.07 Å². The second-order valence-electron chi connectivity index (χ2n) is 1.53. The SMILES string of the molecule is N#Cc1[c]cc(F)cc1. The monoisotopic (exact) mass is 120 g/mol. The minimum Gasteiger partial charge on any atom is -0.207 e. The van der Waals surface area contributed by atoms with Crippen molar-refractivity contribution in [3.8, 4) is 6.07 Å². The lowest BCUT2D eigenvalue weighted by Crippen LogP contribution is -1.74. The molecule has 0 N–H and O–H groups in total. The van der Waals surface area contributed by atoms with E-state index in [2.05, 4.69) is 6.07 Å². The molecule has 0 heterocycles. The molecule has 0 aliphatic carbocycles. The predicted octanol–water partition coefficient (Wildman–Crippen LogP) is 1.50. The Bertz CT molecular complexity index is 232. The molecule has 1 nitrogen and oxygen atoms in total. The molecule has 0 aliphatic rings. The summed E-state index contributed by atoms with van der Waals surface area (Å²) < 4.78 is 12.1. The van der Waals surface area contributed by atoms with Crippen molar-refractivity contribution in [1.29, 1.82) is 5.26 Å². The van der Waals surface area contributed by atoms with E-state index in [9.17, 15) is 4.39 Å². The molecule has 1 rings (SSSR count). The molecule has 0 atom stereocenters. The summed E-state index contributed by atoms with van der Waals surface area (Å²) in [5.74, 6) is -0.367. The zero-order chi connectivity index (χ0) is 6.69. The average Bonchev–Trinajstić information content (AvgIpc) is 1.90. The Morgan fingerprint density at radius 1 is 1.56 bits per heavy atom. The summed E-state index contributed by atoms with van der Waals surface area (Å²) in [5, 5.41) is 8.22. The van der Waals surface area contributed by atoms with Gasteiger partial charge in [-0.25, -0.2) is 4.39 Å². The third kappa shape index (κ3) is 1.26. The number of nitriles is 1. The zero-order valence-electron chi connectivity index (χ0n) is 4.56. The highest BCUT2D eigenvalue weighted by atomic mass is 19.1. The van der Waals surface area contributed by atoms with E-state index in [0.29, 0.717) is 5.56 Å². The predicted molar refractivity (Wildman–Crippen MR) is 30.0 cm³/mol. The fourth-order valence-corrected chi connectivity index (χ4v) is 0.475. The minimum absolute atomic E-state index is 0.358. The molecule has 0 spiro atoms. The van der Waals surface area contributed by atoms with Gasteiger partial charge in [0, 0.05) is 6.07 Å². The van der Waals surface area contributed by atoms with Gasteiger partial charge in [-0.05, 0) is 18.2 Å². The van der Waals surface area contributed by atoms with Gasteiger partial charge in [0.1, 0.15) is 5.82 Å². The van der Waals surface area contributed by atoms with Crippen LogP contribution in [0.1, 0.15) is 5.56 Å². The van der Waals surface area contributed by atoms with E-state index in [4.69, 9.17) is 5.26 Å². The van der Waals surface area contributed by atoms with Crippen LogP contribution >= 0.6 is 0 Å². The third-order valence-corrected chi connectivity index (χ3v) is 0.895. The van der Waals surface area contributed by atoms with E-state index in [-0.39, 0.29) is 5.82 Å². The van der Waals surface area contributed by atoms with Crippen molar-refractivity contribution < 1.29 is 4.39 Å². The number of benzene rings is 1. The summed E-state index contributed by atoms with van der Waals surface area (Å²) >= 11 is 0. The summed E-state index contributed by atoms with van der Waals surface area (Å²) in [6, 6.07) is 8.04. The maximum atomic E-state index is 12.1. The smallest absolute Gasteiger partial charge is 0.123 e. The lowest BCUT2D eigenvalue weighted by Gasteiger charge is -1.84. The largest absolute Gasteiger partial charge is 0.207 e. The maximum Gasteiger partial charge on any atom is 0.123 e. The van der Waals surface area contributed by atoms with Crippen LogP contribution in [0.25, 0.3) is 0 Å². The first-order valence-corrected chi connectivity index (χ1v) is 2.40. The van der Waals surface area contributed by atoms with Gasteiger partial charge in [-0.15, -0.1) is 0 Å². The number of hydrogen-bond donors (Lipinski definition) is 0. The Morgan fingerprint density at radius 3 is 2.78 bits per heavy atom. The van der Waals surface area contributed by atoms with Crippen LogP contribution in [0.5, 0.6) is 0 Å². The van der Waals surface area contributed by atoms with Crippen LogP contribution in [0, 0.1) is 23.2 Å². The number of hydrogen-bond acceptors (Lipinski definition) is 1. The first-order valence-electron chi connectivity index (χ1n) is 2.40. The molecule has 0 aliphatic heterocycles. The standard InChI is InChI=1S/C7H3FN/c8-7-3-1-6(5-9)2-4-7/h1,3-4H. The average molecular weight is 120 g/mol. The number of nitrogens with zero attached hydrogens (tertiary/aromatic N) is 1. The van der Waals surface area contributed by atoms with Gasteiger partial charge in [-0.1, -0.05) is 0 Å². The zero-order valence-corrected chi connectivity index (χ0v) is 4.56.